The van der Waals surface area contributed by atoms with Gasteiger partial charge in [-0.25, -0.2) is 0 Å². The second-order valence-corrected chi connectivity index (χ2v) is 5.50. The number of ether oxygens (including phenoxy) is 2. The number of hydrogen-bond donors (Lipinski definition) is 1. The summed E-state index contributed by atoms with van der Waals surface area (Å²) in [6.45, 7) is -0.00132. The molecule has 1 N–H and O–H groups in total. The Morgan fingerprint density at radius 1 is 1.28 bits per heavy atom. The number of hydrogen-bond acceptors (Lipinski definition) is 3. The predicted octanol–water partition coefficient (Wildman–Crippen LogP) is 3.66. The molecular weight excluding hydrogens is 296 g/mol. The number of methoxy groups -OCH3 is 1. The quantitative estimate of drug-likeness (QED) is 0.921. The van der Waals surface area contributed by atoms with Crippen molar-refractivity contribution in [3.8, 4) is 11.5 Å². The largest absolute Gasteiger partial charge is 0.493 e. The molecule has 1 aromatic carbocycles. The minimum Gasteiger partial charge on any atom is -0.493 e. The highest BCUT2D eigenvalue weighted by Gasteiger charge is 2.19. The Kier molecular flexibility index (Phi) is 4.89. The number of aliphatic hydroxyl groups is 1. The number of rotatable bonds is 4. The Morgan fingerprint density at radius 2 is 2.00 bits per heavy atom. The smallest absolute Gasteiger partial charge is 0.175 e. The van der Waals surface area contributed by atoms with Gasteiger partial charge in [-0.15, -0.1) is 0 Å². The lowest BCUT2D eigenvalue weighted by Gasteiger charge is -2.24. The maximum atomic E-state index is 9.18. The molecule has 0 heterocycles. The first-order chi connectivity index (χ1) is 8.74. The molecule has 0 radical (unpaired) electrons. The summed E-state index contributed by atoms with van der Waals surface area (Å²) < 4.78 is 12.2. The molecule has 1 aliphatic rings. The molecule has 100 valence electrons. The van der Waals surface area contributed by atoms with Crippen molar-refractivity contribution in [2.45, 2.75) is 44.8 Å². The molecule has 1 saturated carbocycles. The van der Waals surface area contributed by atoms with E-state index in [0.29, 0.717) is 5.75 Å². The van der Waals surface area contributed by atoms with Crippen molar-refractivity contribution in [2.75, 3.05) is 7.11 Å². The SMILES string of the molecule is COc1cc(CO)cc(Br)c1OC1CCCCC1. The van der Waals surface area contributed by atoms with Gasteiger partial charge in [0.2, 0.25) is 0 Å². The number of halogens is 1. The molecule has 1 aliphatic carbocycles. The van der Waals surface area contributed by atoms with Crippen LogP contribution in [0.3, 0.4) is 0 Å². The van der Waals surface area contributed by atoms with Gasteiger partial charge >= 0.3 is 0 Å². The fourth-order valence-corrected chi connectivity index (χ4v) is 2.91. The van der Waals surface area contributed by atoms with Gasteiger partial charge in [-0.2, -0.15) is 0 Å². The van der Waals surface area contributed by atoms with E-state index >= 15 is 0 Å². The third-order valence-electron chi connectivity index (χ3n) is 3.31. The standard InChI is InChI=1S/C14H19BrO3/c1-17-13-8-10(9-16)7-12(15)14(13)18-11-5-3-2-4-6-11/h7-8,11,16H,2-6,9H2,1H3. The van der Waals surface area contributed by atoms with Crippen molar-refractivity contribution in [1.82, 2.24) is 0 Å². The van der Waals surface area contributed by atoms with Crippen LogP contribution in [0.25, 0.3) is 0 Å². The van der Waals surface area contributed by atoms with E-state index in [0.717, 1.165) is 28.6 Å². The molecule has 2 rings (SSSR count). The van der Waals surface area contributed by atoms with Crippen LogP contribution in [0.2, 0.25) is 0 Å². The van der Waals surface area contributed by atoms with Crippen molar-refractivity contribution in [1.29, 1.82) is 0 Å². The molecule has 4 heteroatoms. The van der Waals surface area contributed by atoms with E-state index in [-0.39, 0.29) is 12.7 Å². The highest BCUT2D eigenvalue weighted by molar-refractivity contribution is 9.10. The van der Waals surface area contributed by atoms with Gasteiger partial charge in [0, 0.05) is 0 Å². The van der Waals surface area contributed by atoms with Crippen LogP contribution in [0.5, 0.6) is 11.5 Å². The van der Waals surface area contributed by atoms with Crippen molar-refractivity contribution >= 4 is 15.9 Å². The van der Waals surface area contributed by atoms with E-state index < -0.39 is 0 Å². The van der Waals surface area contributed by atoms with Crippen LogP contribution in [0.4, 0.5) is 0 Å². The van der Waals surface area contributed by atoms with E-state index in [2.05, 4.69) is 15.9 Å². The fraction of sp³-hybridized carbons (Fsp3) is 0.571. The van der Waals surface area contributed by atoms with Gasteiger partial charge in [-0.3, -0.25) is 0 Å². The number of benzene rings is 1. The first-order valence-electron chi connectivity index (χ1n) is 6.38. The van der Waals surface area contributed by atoms with Gasteiger partial charge < -0.3 is 14.6 Å². The monoisotopic (exact) mass is 314 g/mol. The van der Waals surface area contributed by atoms with Gasteiger partial charge in [0.25, 0.3) is 0 Å². The molecule has 0 bridgehead atoms. The van der Waals surface area contributed by atoms with Gasteiger partial charge in [0.05, 0.1) is 24.3 Å². The lowest BCUT2D eigenvalue weighted by Crippen LogP contribution is -2.20. The Bertz CT molecular complexity index is 400. The molecule has 18 heavy (non-hydrogen) atoms. The molecule has 0 aromatic heterocycles. The molecule has 0 atom stereocenters. The lowest BCUT2D eigenvalue weighted by molar-refractivity contribution is 0.148. The molecule has 0 aliphatic heterocycles. The summed E-state index contributed by atoms with van der Waals surface area (Å²) in [6.07, 6.45) is 6.28. The summed E-state index contributed by atoms with van der Waals surface area (Å²) in [5.74, 6) is 1.43. The topological polar surface area (TPSA) is 38.7 Å². The molecule has 0 amide bonds. The predicted molar refractivity (Wildman–Crippen MR) is 74.1 cm³/mol. The van der Waals surface area contributed by atoms with Crippen molar-refractivity contribution < 1.29 is 14.6 Å². The third-order valence-corrected chi connectivity index (χ3v) is 3.90. The van der Waals surface area contributed by atoms with Crippen LogP contribution in [-0.2, 0) is 6.61 Å². The zero-order valence-electron chi connectivity index (χ0n) is 10.6. The van der Waals surface area contributed by atoms with Crippen molar-refractivity contribution in [3.63, 3.8) is 0 Å². The zero-order valence-corrected chi connectivity index (χ0v) is 12.2. The average Bonchev–Trinajstić information content (AvgIpc) is 2.42. The summed E-state index contributed by atoms with van der Waals surface area (Å²) >= 11 is 3.49. The highest BCUT2D eigenvalue weighted by atomic mass is 79.9. The summed E-state index contributed by atoms with van der Waals surface area (Å²) in [4.78, 5) is 0. The first-order valence-corrected chi connectivity index (χ1v) is 7.18. The van der Waals surface area contributed by atoms with Crippen LogP contribution in [-0.4, -0.2) is 18.3 Å². The molecule has 3 nitrogen and oxygen atoms in total. The van der Waals surface area contributed by atoms with Crippen LogP contribution in [0, 0.1) is 0 Å². The van der Waals surface area contributed by atoms with E-state index in [1.165, 1.54) is 19.3 Å². The highest BCUT2D eigenvalue weighted by Crippen LogP contribution is 2.38. The summed E-state index contributed by atoms with van der Waals surface area (Å²) in [6, 6.07) is 3.70. The van der Waals surface area contributed by atoms with Gasteiger partial charge in [0.1, 0.15) is 0 Å². The van der Waals surface area contributed by atoms with E-state index in [4.69, 9.17) is 9.47 Å². The average molecular weight is 315 g/mol. The van der Waals surface area contributed by atoms with Crippen LogP contribution < -0.4 is 9.47 Å². The molecule has 0 saturated heterocycles. The summed E-state index contributed by atoms with van der Waals surface area (Å²) in [5.41, 5.74) is 0.815. The van der Waals surface area contributed by atoms with Crippen LogP contribution >= 0.6 is 15.9 Å². The van der Waals surface area contributed by atoms with Crippen molar-refractivity contribution in [2.24, 2.45) is 0 Å². The second kappa shape index (κ2) is 6.43. The van der Waals surface area contributed by atoms with Gasteiger partial charge in [-0.1, -0.05) is 6.42 Å². The van der Waals surface area contributed by atoms with E-state index in [1.807, 2.05) is 12.1 Å². The summed E-state index contributed by atoms with van der Waals surface area (Å²) in [7, 11) is 1.62. The normalized spacial score (nSPS) is 16.6. The Hall–Kier alpha value is -0.740. The number of aliphatic hydroxyl groups excluding tert-OH is 1. The minimum absolute atomic E-state index is 0.00132. The molecule has 0 spiro atoms. The Morgan fingerprint density at radius 3 is 2.61 bits per heavy atom. The van der Waals surface area contributed by atoms with E-state index in [9.17, 15) is 5.11 Å². The minimum atomic E-state index is -0.00132. The Labute approximate surface area is 116 Å². The maximum Gasteiger partial charge on any atom is 0.175 e. The first kappa shape index (κ1) is 13.7. The fourth-order valence-electron chi connectivity index (χ4n) is 2.33. The van der Waals surface area contributed by atoms with Gasteiger partial charge in [-0.05, 0) is 59.3 Å². The van der Waals surface area contributed by atoms with Crippen molar-refractivity contribution in [3.05, 3.63) is 22.2 Å². The van der Waals surface area contributed by atoms with Gasteiger partial charge in [0.15, 0.2) is 11.5 Å². The second-order valence-electron chi connectivity index (χ2n) is 4.65. The van der Waals surface area contributed by atoms with Crippen LogP contribution in [0.15, 0.2) is 16.6 Å². The lowest BCUT2D eigenvalue weighted by atomic mass is 9.98. The maximum absolute atomic E-state index is 9.18. The Balaban J connectivity index is 2.19. The molecule has 1 aromatic rings. The van der Waals surface area contributed by atoms with Crippen LogP contribution in [0.1, 0.15) is 37.7 Å². The molecular formula is C14H19BrO3. The zero-order chi connectivity index (χ0) is 13.0. The summed E-state index contributed by atoms with van der Waals surface area (Å²) in [5, 5.41) is 9.18. The molecule has 0 unspecified atom stereocenters. The molecule has 1 fully saturated rings. The van der Waals surface area contributed by atoms with E-state index in [1.54, 1.807) is 7.11 Å². The third kappa shape index (κ3) is 3.18.